The molecule has 0 saturated carbocycles. The first-order valence-corrected chi connectivity index (χ1v) is 5.07. The number of nitrogens with one attached hydrogen (secondary N) is 1. The van der Waals surface area contributed by atoms with Crippen LogP contribution >= 0.6 is 0 Å². The van der Waals surface area contributed by atoms with Crippen LogP contribution in [0, 0.1) is 0 Å². The van der Waals surface area contributed by atoms with E-state index in [-0.39, 0.29) is 27.0 Å². The van der Waals surface area contributed by atoms with Crippen molar-refractivity contribution in [2.45, 2.75) is 12.8 Å². The third kappa shape index (κ3) is 2.15. The van der Waals surface area contributed by atoms with E-state index in [1.807, 2.05) is 18.2 Å². The van der Waals surface area contributed by atoms with E-state index in [4.69, 9.17) is 0 Å². The average Bonchev–Trinajstić information content (AvgIpc) is 2.81. The topological polar surface area (TPSA) is 72.7 Å². The van der Waals surface area contributed by atoms with Crippen molar-refractivity contribution in [3.8, 4) is 11.4 Å². The summed E-state index contributed by atoms with van der Waals surface area (Å²) in [6.45, 7) is 0. The third-order valence-corrected chi connectivity index (χ3v) is 2.63. The number of carbonyl (C=O) groups is 1. The quantitative estimate of drug-likeness (QED) is 0.800. The molecule has 0 fully saturated rings. The minimum atomic E-state index is -0.0699. The molecule has 0 saturated heterocycles. The number of hydrogen-bond acceptors (Lipinski definition) is 3. The van der Waals surface area contributed by atoms with Gasteiger partial charge < -0.3 is 10.1 Å². The van der Waals surface area contributed by atoms with Gasteiger partial charge in [0.1, 0.15) is 6.33 Å². The Balaban J connectivity index is 0.00000108. The fourth-order valence-corrected chi connectivity index (χ4v) is 1.87. The van der Waals surface area contributed by atoms with E-state index in [0.29, 0.717) is 12.2 Å². The summed E-state index contributed by atoms with van der Waals surface area (Å²) in [6.07, 6.45) is 2.69. The molecule has 0 bridgehead atoms. The van der Waals surface area contributed by atoms with Gasteiger partial charge in [-0.15, -0.1) is 5.69 Å². The van der Waals surface area contributed by atoms with Crippen molar-refractivity contribution in [1.82, 2.24) is 15.2 Å². The Labute approximate surface area is 112 Å². The number of fused-ring (bicyclic) bond motifs is 1. The molecule has 0 aliphatic carbocycles. The molecule has 2 heterocycles. The van der Waals surface area contributed by atoms with Gasteiger partial charge in [0.15, 0.2) is 5.82 Å². The molecule has 1 aliphatic rings. The Hall–Kier alpha value is -1.48. The summed E-state index contributed by atoms with van der Waals surface area (Å²) in [4.78, 5) is 15.4. The van der Waals surface area contributed by atoms with Crippen LogP contribution in [-0.2, 0) is 32.3 Å². The number of benzene rings is 1. The number of H-pyrrole nitrogens is 1. The molecule has 5 nitrogen and oxygen atoms in total. The molecule has 17 heavy (non-hydrogen) atoms. The Kier molecular flexibility index (Phi) is 3.38. The van der Waals surface area contributed by atoms with E-state index >= 15 is 0 Å². The summed E-state index contributed by atoms with van der Waals surface area (Å²) in [6, 6.07) is 5.83. The van der Waals surface area contributed by atoms with Crippen LogP contribution < -0.4 is 0 Å². The number of hydrogen-bond donors (Lipinski definition) is 1. The van der Waals surface area contributed by atoms with Crippen molar-refractivity contribution < 1.29 is 25.9 Å². The number of para-hydroxylation sites is 1. The van der Waals surface area contributed by atoms with Crippen molar-refractivity contribution in [1.29, 1.82) is 0 Å². The normalized spacial score (nSPS) is 13.5. The maximum absolute atomic E-state index is 11.3. The second-order valence-corrected chi connectivity index (χ2v) is 3.65. The van der Waals surface area contributed by atoms with Crippen LogP contribution in [0.2, 0.25) is 0 Å². The van der Waals surface area contributed by atoms with Crippen LogP contribution in [0.1, 0.15) is 12.0 Å². The van der Waals surface area contributed by atoms with E-state index in [9.17, 15) is 4.79 Å². The Morgan fingerprint density at radius 1 is 1.29 bits per heavy atom. The summed E-state index contributed by atoms with van der Waals surface area (Å²) in [7, 11) is 0. The number of carbonyl (C=O) groups excluding carboxylic acids is 1. The zero-order valence-electron chi connectivity index (χ0n) is 8.88. The van der Waals surface area contributed by atoms with Crippen molar-refractivity contribution >= 4 is 11.6 Å². The number of nitrogens with zero attached hydrogens (tertiary/aromatic N) is 3. The molecule has 3 rings (SSSR count). The maximum Gasteiger partial charge on any atom is 0.154 e. The molecule has 0 spiro atoms. The van der Waals surface area contributed by atoms with Crippen molar-refractivity contribution in [2.75, 3.05) is 0 Å². The average molecular weight is 397 g/mol. The maximum atomic E-state index is 11.3. The molecule has 0 unspecified atom stereocenters. The van der Waals surface area contributed by atoms with E-state index in [1.54, 1.807) is 0 Å². The minimum Gasteiger partial charge on any atom is -0.626 e. The predicted octanol–water partition coefficient (Wildman–Crippen LogP) is 1.95. The first-order chi connectivity index (χ1) is 7.84. The van der Waals surface area contributed by atoms with Gasteiger partial charge in [-0.05, 0) is 12.8 Å². The zero-order chi connectivity index (χ0) is 11.0. The summed E-state index contributed by atoms with van der Waals surface area (Å²) in [5, 5.41) is 10.7. The number of aryl methyl sites for hydroxylation is 1. The Morgan fingerprint density at radius 2 is 2.18 bits per heavy atom. The molecule has 0 radical (unpaired) electrons. The summed E-state index contributed by atoms with van der Waals surface area (Å²) >= 11 is 0. The van der Waals surface area contributed by atoms with Crippen molar-refractivity contribution in [3.05, 3.63) is 35.4 Å². The van der Waals surface area contributed by atoms with Crippen molar-refractivity contribution in [2.24, 2.45) is 0 Å². The van der Waals surface area contributed by atoms with Crippen molar-refractivity contribution in [3.63, 3.8) is 0 Å². The largest absolute Gasteiger partial charge is 0.626 e. The molecule has 86 valence electrons. The first-order valence-electron chi connectivity index (χ1n) is 5.07. The molecule has 1 amide bonds. The monoisotopic (exact) mass is 397 g/mol. The molecule has 2 aromatic rings. The molecule has 1 N–H and O–H groups in total. The van der Waals surface area contributed by atoms with E-state index < -0.39 is 0 Å². The van der Waals surface area contributed by atoms with Crippen LogP contribution in [0.15, 0.2) is 24.5 Å². The van der Waals surface area contributed by atoms with Crippen LogP contribution in [-0.4, -0.2) is 21.1 Å². The minimum absolute atomic E-state index is 0. The van der Waals surface area contributed by atoms with Crippen LogP contribution in [0.3, 0.4) is 0 Å². The van der Waals surface area contributed by atoms with E-state index in [0.717, 1.165) is 23.2 Å². The molecular formula is C11H9N4OW-. The molecule has 1 aliphatic heterocycles. The smallest absolute Gasteiger partial charge is 0.154 e. The zero-order valence-corrected chi connectivity index (χ0v) is 11.8. The second-order valence-electron chi connectivity index (χ2n) is 3.65. The van der Waals surface area contributed by atoms with Crippen LogP contribution in [0.4, 0.5) is 5.69 Å². The van der Waals surface area contributed by atoms with Crippen LogP contribution in [0.25, 0.3) is 16.7 Å². The van der Waals surface area contributed by atoms with Gasteiger partial charge in [0.05, 0.1) is 5.91 Å². The van der Waals surface area contributed by atoms with Gasteiger partial charge in [0, 0.05) is 26.6 Å². The summed E-state index contributed by atoms with van der Waals surface area (Å²) in [5.41, 5.74) is 2.66. The molecule has 1 aromatic carbocycles. The van der Waals surface area contributed by atoms with Gasteiger partial charge in [-0.25, -0.2) is 4.98 Å². The fraction of sp³-hybridized carbons (Fsp3) is 0.182. The fourth-order valence-electron chi connectivity index (χ4n) is 1.87. The van der Waals surface area contributed by atoms with Gasteiger partial charge in [0.25, 0.3) is 0 Å². The SMILES string of the molecule is O=C1CCc2cccc(-c3ncn[nH]3)c2[N-]1.[W]. The van der Waals surface area contributed by atoms with Gasteiger partial charge in [-0.3, -0.25) is 5.10 Å². The van der Waals surface area contributed by atoms with Gasteiger partial charge in [-0.2, -0.15) is 5.10 Å². The number of rotatable bonds is 1. The standard InChI is InChI=1S/C11H10N4O.W/c16-9-5-4-7-2-1-3-8(10(7)14-9)11-12-6-13-15-11;/h1-3,6H,4-5H2,(H2,12,13,14,15,16);/p-1. The number of aromatic amines is 1. The number of amides is 1. The van der Waals surface area contributed by atoms with Gasteiger partial charge >= 0.3 is 0 Å². The summed E-state index contributed by atoms with van der Waals surface area (Å²) in [5.74, 6) is 0.578. The predicted molar refractivity (Wildman–Crippen MR) is 58.2 cm³/mol. The van der Waals surface area contributed by atoms with Crippen LogP contribution in [0.5, 0.6) is 0 Å². The first kappa shape index (κ1) is 12.0. The van der Waals surface area contributed by atoms with Gasteiger partial charge in [0.2, 0.25) is 0 Å². The molecule has 6 heteroatoms. The molecule has 0 atom stereocenters. The Morgan fingerprint density at radius 3 is 2.94 bits per heavy atom. The Bertz CT molecular complexity index is 538. The second kappa shape index (κ2) is 4.80. The van der Waals surface area contributed by atoms with Gasteiger partial charge in [-0.1, -0.05) is 23.8 Å². The van der Waals surface area contributed by atoms with E-state index in [2.05, 4.69) is 20.5 Å². The number of aromatic nitrogens is 3. The molecular weight excluding hydrogens is 388 g/mol. The van der Waals surface area contributed by atoms with E-state index in [1.165, 1.54) is 6.33 Å². The summed E-state index contributed by atoms with van der Waals surface area (Å²) < 4.78 is 0. The molecule has 1 aromatic heterocycles. The third-order valence-electron chi connectivity index (χ3n) is 2.63.